The summed E-state index contributed by atoms with van der Waals surface area (Å²) < 4.78 is 5.69. The summed E-state index contributed by atoms with van der Waals surface area (Å²) in [4.78, 5) is 2.53. The molecule has 2 rings (SSSR count). The standard InChI is InChI=1S/C16H28N2O/c1-4-5-17-8-15-7-16(19-12-15)11-18-9-13(2)6-14(3)10-18/h7,12-14,17H,4-6,8-11H2,1-3H3. The summed E-state index contributed by atoms with van der Waals surface area (Å²) in [5.74, 6) is 2.73. The van der Waals surface area contributed by atoms with Crippen molar-refractivity contribution in [2.24, 2.45) is 11.8 Å². The van der Waals surface area contributed by atoms with Crippen LogP contribution in [0.1, 0.15) is 44.9 Å². The second-order valence-corrected chi connectivity index (χ2v) is 6.24. The molecule has 0 aliphatic carbocycles. The average Bonchev–Trinajstić information content (AvgIpc) is 2.76. The van der Waals surface area contributed by atoms with Crippen molar-refractivity contribution < 1.29 is 4.42 Å². The van der Waals surface area contributed by atoms with E-state index in [2.05, 4.69) is 37.1 Å². The number of rotatable bonds is 6. The Morgan fingerprint density at radius 2 is 2.05 bits per heavy atom. The lowest BCUT2D eigenvalue weighted by molar-refractivity contribution is 0.126. The van der Waals surface area contributed by atoms with E-state index in [1.54, 1.807) is 0 Å². The van der Waals surface area contributed by atoms with Gasteiger partial charge in [0.2, 0.25) is 0 Å². The molecule has 1 fully saturated rings. The SMILES string of the molecule is CCCNCc1coc(CN2CC(C)CC(C)C2)c1. The Morgan fingerprint density at radius 1 is 1.32 bits per heavy atom. The smallest absolute Gasteiger partial charge is 0.118 e. The molecule has 1 saturated heterocycles. The maximum absolute atomic E-state index is 5.69. The molecule has 1 aromatic heterocycles. The number of piperidine rings is 1. The van der Waals surface area contributed by atoms with Gasteiger partial charge >= 0.3 is 0 Å². The second-order valence-electron chi connectivity index (χ2n) is 6.24. The third-order valence-corrected chi connectivity index (χ3v) is 3.79. The zero-order chi connectivity index (χ0) is 13.7. The molecule has 19 heavy (non-hydrogen) atoms. The van der Waals surface area contributed by atoms with Gasteiger partial charge in [0.15, 0.2) is 0 Å². The van der Waals surface area contributed by atoms with E-state index >= 15 is 0 Å². The van der Waals surface area contributed by atoms with Gasteiger partial charge in [-0.2, -0.15) is 0 Å². The van der Waals surface area contributed by atoms with Crippen LogP contribution in [0.25, 0.3) is 0 Å². The van der Waals surface area contributed by atoms with E-state index in [-0.39, 0.29) is 0 Å². The van der Waals surface area contributed by atoms with Crippen LogP contribution in [0.4, 0.5) is 0 Å². The molecule has 0 aromatic carbocycles. The van der Waals surface area contributed by atoms with Crippen molar-refractivity contribution in [2.45, 2.75) is 46.7 Å². The number of hydrogen-bond donors (Lipinski definition) is 1. The number of nitrogens with one attached hydrogen (secondary N) is 1. The Labute approximate surface area is 117 Å². The normalized spacial score (nSPS) is 24.8. The van der Waals surface area contributed by atoms with E-state index < -0.39 is 0 Å². The molecular formula is C16H28N2O. The molecule has 0 spiro atoms. The van der Waals surface area contributed by atoms with E-state index in [0.717, 1.165) is 37.2 Å². The Kier molecular flexibility index (Phi) is 5.46. The third-order valence-electron chi connectivity index (χ3n) is 3.79. The van der Waals surface area contributed by atoms with Crippen LogP contribution in [-0.4, -0.2) is 24.5 Å². The molecule has 1 aromatic rings. The van der Waals surface area contributed by atoms with E-state index in [4.69, 9.17) is 4.42 Å². The van der Waals surface area contributed by atoms with Crippen molar-refractivity contribution in [3.8, 4) is 0 Å². The summed E-state index contributed by atoms with van der Waals surface area (Å²) >= 11 is 0. The molecule has 2 atom stereocenters. The first-order valence-corrected chi connectivity index (χ1v) is 7.66. The monoisotopic (exact) mass is 264 g/mol. The molecule has 0 bridgehead atoms. The highest BCUT2D eigenvalue weighted by Gasteiger charge is 2.22. The van der Waals surface area contributed by atoms with Crippen LogP contribution in [-0.2, 0) is 13.1 Å². The van der Waals surface area contributed by atoms with Crippen molar-refractivity contribution in [1.82, 2.24) is 10.2 Å². The molecule has 1 N–H and O–H groups in total. The number of nitrogens with zero attached hydrogens (tertiary/aromatic N) is 1. The maximum Gasteiger partial charge on any atom is 0.118 e. The van der Waals surface area contributed by atoms with Gasteiger partial charge in [0.05, 0.1) is 12.8 Å². The van der Waals surface area contributed by atoms with Gasteiger partial charge in [0, 0.05) is 25.2 Å². The van der Waals surface area contributed by atoms with E-state index in [9.17, 15) is 0 Å². The fourth-order valence-electron chi connectivity index (χ4n) is 3.15. The molecule has 0 radical (unpaired) electrons. The topological polar surface area (TPSA) is 28.4 Å². The van der Waals surface area contributed by atoms with E-state index in [1.165, 1.54) is 31.5 Å². The number of hydrogen-bond acceptors (Lipinski definition) is 3. The van der Waals surface area contributed by atoms with Crippen LogP contribution in [0.2, 0.25) is 0 Å². The molecule has 0 saturated carbocycles. The zero-order valence-electron chi connectivity index (χ0n) is 12.6. The quantitative estimate of drug-likeness (QED) is 0.799. The molecule has 1 aliphatic rings. The van der Waals surface area contributed by atoms with E-state index in [1.807, 2.05) is 6.26 Å². The predicted molar refractivity (Wildman–Crippen MR) is 78.9 cm³/mol. The van der Waals surface area contributed by atoms with Gasteiger partial charge in [-0.25, -0.2) is 0 Å². The van der Waals surface area contributed by atoms with Crippen molar-refractivity contribution in [2.75, 3.05) is 19.6 Å². The highest BCUT2D eigenvalue weighted by atomic mass is 16.3. The van der Waals surface area contributed by atoms with Crippen molar-refractivity contribution >= 4 is 0 Å². The fraction of sp³-hybridized carbons (Fsp3) is 0.750. The summed E-state index contributed by atoms with van der Waals surface area (Å²) in [7, 11) is 0. The third kappa shape index (κ3) is 4.66. The first-order valence-electron chi connectivity index (χ1n) is 7.66. The molecule has 108 valence electrons. The largest absolute Gasteiger partial charge is 0.468 e. The first kappa shape index (κ1) is 14.6. The highest BCUT2D eigenvalue weighted by molar-refractivity contribution is 5.12. The van der Waals surface area contributed by atoms with Gasteiger partial charge in [-0.1, -0.05) is 20.8 Å². The Hall–Kier alpha value is -0.800. The molecule has 3 heteroatoms. The fourth-order valence-corrected chi connectivity index (χ4v) is 3.15. The lowest BCUT2D eigenvalue weighted by atomic mass is 9.92. The first-order chi connectivity index (χ1) is 9.17. The van der Waals surface area contributed by atoms with Crippen molar-refractivity contribution in [1.29, 1.82) is 0 Å². The van der Waals surface area contributed by atoms with Crippen molar-refractivity contribution in [3.05, 3.63) is 23.7 Å². The van der Waals surface area contributed by atoms with Crippen LogP contribution < -0.4 is 5.32 Å². The molecule has 1 aliphatic heterocycles. The van der Waals surface area contributed by atoms with Crippen LogP contribution in [0.3, 0.4) is 0 Å². The minimum Gasteiger partial charge on any atom is -0.468 e. The second kappa shape index (κ2) is 7.11. The minimum atomic E-state index is 0.810. The summed E-state index contributed by atoms with van der Waals surface area (Å²) in [5, 5.41) is 3.41. The van der Waals surface area contributed by atoms with Crippen LogP contribution in [0, 0.1) is 11.8 Å². The molecule has 2 unspecified atom stereocenters. The van der Waals surface area contributed by atoms with Crippen molar-refractivity contribution in [3.63, 3.8) is 0 Å². The predicted octanol–water partition coefficient (Wildman–Crippen LogP) is 3.26. The average molecular weight is 264 g/mol. The lowest BCUT2D eigenvalue weighted by Gasteiger charge is -2.34. The summed E-state index contributed by atoms with van der Waals surface area (Å²) in [6, 6.07) is 2.20. The van der Waals surface area contributed by atoms with Gasteiger partial charge in [-0.15, -0.1) is 0 Å². The number of furan rings is 1. The summed E-state index contributed by atoms with van der Waals surface area (Å²) in [6.45, 7) is 12.2. The number of likely N-dealkylation sites (tertiary alicyclic amines) is 1. The zero-order valence-corrected chi connectivity index (χ0v) is 12.6. The van der Waals surface area contributed by atoms with Crippen LogP contribution in [0.15, 0.2) is 16.7 Å². The van der Waals surface area contributed by atoms with Crippen LogP contribution in [0.5, 0.6) is 0 Å². The van der Waals surface area contributed by atoms with Gasteiger partial charge < -0.3 is 9.73 Å². The van der Waals surface area contributed by atoms with E-state index in [0.29, 0.717) is 0 Å². The molecular weight excluding hydrogens is 236 g/mol. The van der Waals surface area contributed by atoms with Gasteiger partial charge in [-0.3, -0.25) is 4.90 Å². The molecule has 0 amide bonds. The summed E-state index contributed by atoms with van der Waals surface area (Å²) in [5.41, 5.74) is 1.27. The van der Waals surface area contributed by atoms with Gasteiger partial charge in [0.1, 0.15) is 5.76 Å². The molecule has 3 nitrogen and oxygen atoms in total. The Bertz CT molecular complexity index is 365. The maximum atomic E-state index is 5.69. The van der Waals surface area contributed by atoms with Gasteiger partial charge in [-0.05, 0) is 37.3 Å². The Morgan fingerprint density at radius 3 is 2.74 bits per heavy atom. The summed E-state index contributed by atoms with van der Waals surface area (Å²) in [6.07, 6.45) is 4.43. The highest BCUT2D eigenvalue weighted by Crippen LogP contribution is 2.22. The lowest BCUT2D eigenvalue weighted by Crippen LogP contribution is -2.37. The Balaban J connectivity index is 1.82. The minimum absolute atomic E-state index is 0.810. The molecule has 2 heterocycles. The van der Waals surface area contributed by atoms with Crippen LogP contribution >= 0.6 is 0 Å². The van der Waals surface area contributed by atoms with Gasteiger partial charge in [0.25, 0.3) is 0 Å².